The fourth-order valence-electron chi connectivity index (χ4n) is 3.86. The summed E-state index contributed by atoms with van der Waals surface area (Å²) in [5.41, 5.74) is 1.37. The van der Waals surface area contributed by atoms with Crippen LogP contribution in [0, 0.1) is 17.5 Å². The van der Waals surface area contributed by atoms with Gasteiger partial charge in [0.25, 0.3) is 17.7 Å². The van der Waals surface area contributed by atoms with Crippen molar-refractivity contribution in [2.24, 2.45) is 7.05 Å². The lowest BCUT2D eigenvalue weighted by atomic mass is 10.0. The van der Waals surface area contributed by atoms with Crippen LogP contribution in [0.3, 0.4) is 0 Å². The molecule has 0 unspecified atom stereocenters. The number of rotatable bonds is 3. The fraction of sp³-hybridized carbons (Fsp3) is 0.182. The minimum Gasteiger partial charge on any atom is -0.414 e. The monoisotopic (exact) mass is 439 g/mol. The Morgan fingerprint density at radius 1 is 0.969 bits per heavy atom. The lowest BCUT2D eigenvalue weighted by Gasteiger charge is -2.27. The molecule has 10 heteroatoms. The van der Waals surface area contributed by atoms with E-state index in [0.717, 1.165) is 17.8 Å². The molecule has 1 amide bonds. The van der Waals surface area contributed by atoms with E-state index < -0.39 is 28.9 Å². The Hall–Kier alpha value is -3.95. The number of hydrogen-bond donors (Lipinski definition) is 0. The van der Waals surface area contributed by atoms with Crippen molar-refractivity contribution < 1.29 is 22.4 Å². The molecule has 0 atom stereocenters. The maximum Gasteiger partial charge on any atom is 0.268 e. The van der Waals surface area contributed by atoms with Crippen LogP contribution in [-0.4, -0.2) is 37.3 Å². The topological polar surface area (TPSA) is 77.1 Å². The Balaban J connectivity index is 1.49. The molecule has 0 radical (unpaired) electrons. The molecule has 7 nitrogen and oxygen atoms in total. The van der Waals surface area contributed by atoms with Crippen molar-refractivity contribution >= 4 is 5.91 Å². The standard InChI is InChI=1S/C22H16F3N5O2/c1-29-17-9-10-30(22(31)18-15(24)7-4-8-16(18)25)11-13(17)19(28-29)21-27-26-20(32-21)12-5-2-3-6-14(12)23/h2-8H,9-11H2,1H3. The summed E-state index contributed by atoms with van der Waals surface area (Å²) < 4.78 is 49.7. The first-order valence-corrected chi connectivity index (χ1v) is 9.81. The van der Waals surface area contributed by atoms with E-state index in [1.807, 2.05) is 0 Å². The minimum atomic E-state index is -0.918. The molecule has 162 valence electrons. The summed E-state index contributed by atoms with van der Waals surface area (Å²) in [6.07, 6.45) is 0.426. The Morgan fingerprint density at radius 3 is 2.41 bits per heavy atom. The van der Waals surface area contributed by atoms with Crippen LogP contribution in [0.4, 0.5) is 13.2 Å². The van der Waals surface area contributed by atoms with Gasteiger partial charge >= 0.3 is 0 Å². The summed E-state index contributed by atoms with van der Waals surface area (Å²) in [5.74, 6) is -3.04. The maximum absolute atomic E-state index is 14.1. The van der Waals surface area contributed by atoms with Gasteiger partial charge in [-0.15, -0.1) is 10.2 Å². The number of hydrogen-bond acceptors (Lipinski definition) is 5. The molecule has 0 N–H and O–H groups in total. The van der Waals surface area contributed by atoms with Crippen molar-refractivity contribution in [2.45, 2.75) is 13.0 Å². The van der Waals surface area contributed by atoms with E-state index in [1.165, 1.54) is 23.1 Å². The summed E-state index contributed by atoms with van der Waals surface area (Å²) in [7, 11) is 1.74. The number of amides is 1. The van der Waals surface area contributed by atoms with Crippen LogP contribution in [-0.2, 0) is 20.0 Å². The molecule has 32 heavy (non-hydrogen) atoms. The summed E-state index contributed by atoms with van der Waals surface area (Å²) in [4.78, 5) is 14.2. The van der Waals surface area contributed by atoms with Crippen molar-refractivity contribution in [3.8, 4) is 23.0 Å². The van der Waals surface area contributed by atoms with Crippen LogP contribution < -0.4 is 0 Å². The highest BCUT2D eigenvalue weighted by Gasteiger charge is 2.32. The Labute approximate surface area is 180 Å². The number of aromatic nitrogens is 4. The van der Waals surface area contributed by atoms with Gasteiger partial charge in [0.2, 0.25) is 0 Å². The summed E-state index contributed by atoms with van der Waals surface area (Å²) in [6, 6.07) is 9.30. The molecule has 0 saturated heterocycles. The van der Waals surface area contributed by atoms with E-state index >= 15 is 0 Å². The van der Waals surface area contributed by atoms with Crippen LogP contribution >= 0.6 is 0 Å². The average Bonchev–Trinajstić information content (AvgIpc) is 3.38. The van der Waals surface area contributed by atoms with Gasteiger partial charge < -0.3 is 9.32 Å². The third-order valence-electron chi connectivity index (χ3n) is 5.44. The van der Waals surface area contributed by atoms with Crippen molar-refractivity contribution in [3.63, 3.8) is 0 Å². The van der Waals surface area contributed by atoms with Crippen molar-refractivity contribution in [1.82, 2.24) is 24.9 Å². The third kappa shape index (κ3) is 3.24. The fourth-order valence-corrected chi connectivity index (χ4v) is 3.86. The molecule has 0 spiro atoms. The van der Waals surface area contributed by atoms with E-state index in [0.29, 0.717) is 17.7 Å². The molecule has 2 aromatic heterocycles. The van der Waals surface area contributed by atoms with E-state index in [-0.39, 0.29) is 30.4 Å². The number of carbonyl (C=O) groups is 1. The zero-order valence-corrected chi connectivity index (χ0v) is 16.8. The second kappa shape index (κ2) is 7.63. The largest absolute Gasteiger partial charge is 0.414 e. The SMILES string of the molecule is Cn1nc(-c2nnc(-c3ccccc3F)o2)c2c1CCN(C(=O)c1c(F)cccc1F)C2. The lowest BCUT2D eigenvalue weighted by molar-refractivity contribution is 0.0723. The Kier molecular flexibility index (Phi) is 4.76. The Bertz CT molecular complexity index is 1330. The predicted molar refractivity (Wildman–Crippen MR) is 107 cm³/mol. The second-order valence-electron chi connectivity index (χ2n) is 7.36. The van der Waals surface area contributed by atoms with Crippen molar-refractivity contribution in [2.75, 3.05) is 6.54 Å². The van der Waals surface area contributed by atoms with Crippen LogP contribution in [0.15, 0.2) is 46.9 Å². The minimum absolute atomic E-state index is 0.00493. The normalized spacial score (nSPS) is 13.3. The molecule has 0 fully saturated rings. The van der Waals surface area contributed by atoms with E-state index in [1.54, 1.807) is 23.9 Å². The zero-order chi connectivity index (χ0) is 22.4. The van der Waals surface area contributed by atoms with Crippen molar-refractivity contribution in [1.29, 1.82) is 0 Å². The molecule has 1 aliphatic rings. The van der Waals surface area contributed by atoms with Gasteiger partial charge in [-0.3, -0.25) is 9.48 Å². The van der Waals surface area contributed by atoms with Crippen LogP contribution in [0.2, 0.25) is 0 Å². The number of carbonyl (C=O) groups excluding carboxylic acids is 1. The average molecular weight is 439 g/mol. The highest BCUT2D eigenvalue weighted by Crippen LogP contribution is 2.32. The summed E-state index contributed by atoms with van der Waals surface area (Å²) in [6.45, 7) is 0.325. The van der Waals surface area contributed by atoms with Gasteiger partial charge in [-0.2, -0.15) is 5.10 Å². The predicted octanol–water partition coefficient (Wildman–Crippen LogP) is 3.75. The molecular formula is C22H16F3N5O2. The molecule has 5 rings (SSSR count). The number of halogens is 3. The first kappa shape index (κ1) is 20.0. The molecule has 0 saturated carbocycles. The highest BCUT2D eigenvalue weighted by atomic mass is 19.1. The maximum atomic E-state index is 14.1. The van der Waals surface area contributed by atoms with Crippen molar-refractivity contribution in [3.05, 3.63) is 76.7 Å². The molecule has 0 bridgehead atoms. The highest BCUT2D eigenvalue weighted by molar-refractivity contribution is 5.95. The van der Waals surface area contributed by atoms with Crippen LogP contribution in [0.5, 0.6) is 0 Å². The quantitative estimate of drug-likeness (QED) is 0.486. The van der Waals surface area contributed by atoms with Gasteiger partial charge in [-0.1, -0.05) is 18.2 Å². The molecule has 0 aliphatic carbocycles. The first-order chi connectivity index (χ1) is 15.4. The van der Waals surface area contributed by atoms with Gasteiger partial charge in [0.05, 0.1) is 12.1 Å². The smallest absolute Gasteiger partial charge is 0.268 e. The first-order valence-electron chi connectivity index (χ1n) is 9.81. The summed E-state index contributed by atoms with van der Waals surface area (Å²) in [5, 5.41) is 12.4. The molecular weight excluding hydrogens is 423 g/mol. The third-order valence-corrected chi connectivity index (χ3v) is 5.44. The molecule has 4 aromatic rings. The summed E-state index contributed by atoms with van der Waals surface area (Å²) >= 11 is 0. The van der Waals surface area contributed by atoms with Crippen LogP contribution in [0.25, 0.3) is 23.0 Å². The molecule has 1 aliphatic heterocycles. The molecule has 2 aromatic carbocycles. The number of fused-ring (bicyclic) bond motifs is 1. The number of benzene rings is 2. The Morgan fingerprint density at radius 2 is 1.66 bits per heavy atom. The molecule has 3 heterocycles. The van der Waals surface area contributed by atoms with Gasteiger partial charge in [0, 0.05) is 31.3 Å². The van der Waals surface area contributed by atoms with Gasteiger partial charge in [-0.05, 0) is 24.3 Å². The van der Waals surface area contributed by atoms with Gasteiger partial charge in [-0.25, -0.2) is 13.2 Å². The van der Waals surface area contributed by atoms with Gasteiger partial charge in [0.1, 0.15) is 23.0 Å². The van der Waals surface area contributed by atoms with Crippen LogP contribution in [0.1, 0.15) is 21.6 Å². The van der Waals surface area contributed by atoms with Gasteiger partial charge in [0.15, 0.2) is 5.69 Å². The number of aryl methyl sites for hydroxylation is 1. The zero-order valence-electron chi connectivity index (χ0n) is 16.8. The lowest BCUT2D eigenvalue weighted by Crippen LogP contribution is -2.37. The van der Waals surface area contributed by atoms with E-state index in [9.17, 15) is 18.0 Å². The van der Waals surface area contributed by atoms with E-state index in [4.69, 9.17) is 4.42 Å². The van der Waals surface area contributed by atoms with E-state index in [2.05, 4.69) is 15.3 Å². The number of nitrogens with zero attached hydrogens (tertiary/aromatic N) is 5. The second-order valence-corrected chi connectivity index (χ2v) is 7.36.